The molecule has 0 aliphatic rings. The summed E-state index contributed by atoms with van der Waals surface area (Å²) in [5.74, 6) is 0. The molecular formula is C20H20N2S. The van der Waals surface area contributed by atoms with E-state index in [0.717, 1.165) is 6.54 Å². The molecule has 4 rings (SSSR count). The van der Waals surface area contributed by atoms with Crippen molar-refractivity contribution in [2.45, 2.75) is 13.5 Å². The molecule has 4 aromatic rings. The normalized spacial score (nSPS) is 11.4. The Kier molecular flexibility index (Phi) is 3.38. The molecule has 0 spiro atoms. The number of benzene rings is 2. The van der Waals surface area contributed by atoms with E-state index in [1.807, 2.05) is 0 Å². The van der Waals surface area contributed by atoms with Crippen LogP contribution in [-0.4, -0.2) is 18.7 Å². The lowest BCUT2D eigenvalue weighted by molar-refractivity contribution is 0.827. The number of thiophene rings is 1. The highest BCUT2D eigenvalue weighted by Crippen LogP contribution is 2.35. The molecule has 0 fully saturated rings. The second-order valence-corrected chi connectivity index (χ2v) is 7.00. The molecule has 0 radical (unpaired) electrons. The molecule has 2 nitrogen and oxygen atoms in total. The van der Waals surface area contributed by atoms with Crippen molar-refractivity contribution in [3.05, 3.63) is 53.9 Å². The van der Waals surface area contributed by atoms with Crippen LogP contribution in [0.2, 0.25) is 0 Å². The lowest BCUT2D eigenvalue weighted by Gasteiger charge is -2.12. The largest absolute Gasteiger partial charge is 0.378 e. The van der Waals surface area contributed by atoms with E-state index in [1.165, 1.54) is 37.9 Å². The third-order valence-corrected chi connectivity index (χ3v) is 5.41. The quantitative estimate of drug-likeness (QED) is 0.476. The maximum atomic E-state index is 2.42. The standard InChI is InChI=1S/C20H20N2S/c1-4-22-18-10-8-15(21(2)3)13-17(18)16-9-7-14(12-19(16)22)20-6-5-11-23-20/h5-13H,4H2,1-3H3. The first kappa shape index (κ1) is 14.3. The number of nitrogens with zero attached hydrogens (tertiary/aromatic N) is 2. The Bertz CT molecular complexity index is 978. The molecule has 0 unspecified atom stereocenters. The Labute approximate surface area is 140 Å². The molecule has 0 amide bonds. The van der Waals surface area contributed by atoms with Crippen molar-refractivity contribution < 1.29 is 0 Å². The van der Waals surface area contributed by atoms with E-state index >= 15 is 0 Å². The van der Waals surface area contributed by atoms with Gasteiger partial charge in [0, 0.05) is 53.0 Å². The fourth-order valence-corrected chi connectivity index (χ4v) is 4.03. The van der Waals surface area contributed by atoms with E-state index in [0.29, 0.717) is 0 Å². The van der Waals surface area contributed by atoms with Crippen molar-refractivity contribution in [1.82, 2.24) is 4.57 Å². The lowest BCUT2D eigenvalue weighted by Crippen LogP contribution is -2.08. The molecule has 23 heavy (non-hydrogen) atoms. The first-order valence-electron chi connectivity index (χ1n) is 7.96. The van der Waals surface area contributed by atoms with Crippen LogP contribution in [0.3, 0.4) is 0 Å². The SMILES string of the molecule is CCn1c2ccc(N(C)C)cc2c2ccc(-c3cccs3)cc21. The molecule has 0 saturated carbocycles. The van der Waals surface area contributed by atoms with Crippen LogP contribution in [0.5, 0.6) is 0 Å². The number of hydrogen-bond donors (Lipinski definition) is 0. The molecule has 2 aromatic carbocycles. The summed E-state index contributed by atoms with van der Waals surface area (Å²) in [5, 5.41) is 4.81. The molecule has 0 saturated heterocycles. The Balaban J connectivity index is 2.03. The minimum absolute atomic E-state index is 0.981. The molecule has 0 N–H and O–H groups in total. The smallest absolute Gasteiger partial charge is 0.0497 e. The van der Waals surface area contributed by atoms with Gasteiger partial charge >= 0.3 is 0 Å². The number of fused-ring (bicyclic) bond motifs is 3. The third kappa shape index (κ3) is 2.23. The van der Waals surface area contributed by atoms with E-state index in [2.05, 4.69) is 84.4 Å². The second kappa shape index (κ2) is 5.43. The summed E-state index contributed by atoms with van der Waals surface area (Å²) in [6, 6.07) is 17.9. The Morgan fingerprint density at radius 2 is 1.83 bits per heavy atom. The van der Waals surface area contributed by atoms with Crippen LogP contribution < -0.4 is 4.90 Å². The van der Waals surface area contributed by atoms with Crippen LogP contribution in [0.15, 0.2) is 53.9 Å². The van der Waals surface area contributed by atoms with E-state index in [4.69, 9.17) is 0 Å². The average Bonchev–Trinajstić information content (AvgIpc) is 3.19. The summed E-state index contributed by atoms with van der Waals surface area (Å²) >= 11 is 1.80. The van der Waals surface area contributed by atoms with E-state index in [1.54, 1.807) is 11.3 Å². The van der Waals surface area contributed by atoms with Crippen molar-refractivity contribution in [3.63, 3.8) is 0 Å². The minimum atomic E-state index is 0.981. The first-order valence-corrected chi connectivity index (χ1v) is 8.84. The highest BCUT2D eigenvalue weighted by Gasteiger charge is 2.12. The van der Waals surface area contributed by atoms with Crippen LogP contribution in [0, 0.1) is 0 Å². The molecule has 2 aromatic heterocycles. The van der Waals surface area contributed by atoms with E-state index in [9.17, 15) is 0 Å². The lowest BCUT2D eigenvalue weighted by atomic mass is 10.1. The second-order valence-electron chi connectivity index (χ2n) is 6.05. The van der Waals surface area contributed by atoms with Gasteiger partial charge in [0.25, 0.3) is 0 Å². The number of hydrogen-bond acceptors (Lipinski definition) is 2. The summed E-state index contributed by atoms with van der Waals surface area (Å²) in [6.45, 7) is 3.20. The van der Waals surface area contributed by atoms with Crippen molar-refractivity contribution in [2.75, 3.05) is 19.0 Å². The Morgan fingerprint density at radius 1 is 0.957 bits per heavy atom. The molecule has 116 valence electrons. The third-order valence-electron chi connectivity index (χ3n) is 4.49. The highest BCUT2D eigenvalue weighted by atomic mass is 32.1. The Hall–Kier alpha value is -2.26. The monoisotopic (exact) mass is 320 g/mol. The summed E-state index contributed by atoms with van der Waals surface area (Å²) < 4.78 is 2.42. The van der Waals surface area contributed by atoms with Crippen molar-refractivity contribution in [1.29, 1.82) is 0 Å². The summed E-state index contributed by atoms with van der Waals surface area (Å²) in [6.07, 6.45) is 0. The van der Waals surface area contributed by atoms with E-state index < -0.39 is 0 Å². The minimum Gasteiger partial charge on any atom is -0.378 e. The summed E-state index contributed by atoms with van der Waals surface area (Å²) in [4.78, 5) is 3.49. The molecular weight excluding hydrogens is 300 g/mol. The van der Waals surface area contributed by atoms with Gasteiger partial charge in [-0.05, 0) is 48.2 Å². The van der Waals surface area contributed by atoms with Gasteiger partial charge in [-0.1, -0.05) is 18.2 Å². The molecule has 0 atom stereocenters. The number of rotatable bonds is 3. The molecule has 0 aliphatic heterocycles. The van der Waals surface area contributed by atoms with Crippen molar-refractivity contribution >= 4 is 38.8 Å². The van der Waals surface area contributed by atoms with Gasteiger partial charge in [0.1, 0.15) is 0 Å². The molecule has 0 aliphatic carbocycles. The van der Waals surface area contributed by atoms with Crippen LogP contribution in [0.1, 0.15) is 6.92 Å². The van der Waals surface area contributed by atoms with E-state index in [-0.39, 0.29) is 0 Å². The molecule has 0 bridgehead atoms. The van der Waals surface area contributed by atoms with Gasteiger partial charge in [-0.3, -0.25) is 0 Å². The predicted molar refractivity (Wildman–Crippen MR) is 103 cm³/mol. The zero-order valence-electron chi connectivity index (χ0n) is 13.7. The number of aryl methyl sites for hydroxylation is 1. The molecule has 2 heterocycles. The predicted octanol–water partition coefficient (Wildman–Crippen LogP) is 5.61. The maximum Gasteiger partial charge on any atom is 0.0497 e. The van der Waals surface area contributed by atoms with Gasteiger partial charge < -0.3 is 9.47 Å². The maximum absolute atomic E-state index is 2.42. The van der Waals surface area contributed by atoms with Gasteiger partial charge in [-0.15, -0.1) is 11.3 Å². The van der Waals surface area contributed by atoms with Gasteiger partial charge in [-0.25, -0.2) is 0 Å². The first-order chi connectivity index (χ1) is 11.2. The zero-order valence-corrected chi connectivity index (χ0v) is 14.5. The van der Waals surface area contributed by atoms with Crippen LogP contribution in [-0.2, 0) is 6.54 Å². The van der Waals surface area contributed by atoms with Crippen LogP contribution >= 0.6 is 11.3 Å². The van der Waals surface area contributed by atoms with Crippen molar-refractivity contribution in [3.8, 4) is 10.4 Å². The van der Waals surface area contributed by atoms with Gasteiger partial charge in [-0.2, -0.15) is 0 Å². The summed E-state index contributed by atoms with van der Waals surface area (Å²) in [7, 11) is 4.18. The summed E-state index contributed by atoms with van der Waals surface area (Å²) in [5.41, 5.74) is 5.19. The van der Waals surface area contributed by atoms with Gasteiger partial charge in [0.15, 0.2) is 0 Å². The average molecular weight is 320 g/mol. The number of aromatic nitrogens is 1. The fraction of sp³-hybridized carbons (Fsp3) is 0.200. The topological polar surface area (TPSA) is 8.17 Å². The molecule has 3 heteroatoms. The van der Waals surface area contributed by atoms with Crippen LogP contribution in [0.25, 0.3) is 32.2 Å². The Morgan fingerprint density at radius 3 is 2.52 bits per heavy atom. The number of anilines is 1. The highest BCUT2D eigenvalue weighted by molar-refractivity contribution is 7.13. The van der Waals surface area contributed by atoms with Gasteiger partial charge in [0.05, 0.1) is 0 Å². The van der Waals surface area contributed by atoms with Gasteiger partial charge in [0.2, 0.25) is 0 Å². The zero-order chi connectivity index (χ0) is 16.0. The fourth-order valence-electron chi connectivity index (χ4n) is 3.30. The van der Waals surface area contributed by atoms with Crippen LogP contribution in [0.4, 0.5) is 5.69 Å². The van der Waals surface area contributed by atoms with Crippen molar-refractivity contribution in [2.24, 2.45) is 0 Å².